The lowest BCUT2D eigenvalue weighted by molar-refractivity contribution is 0.376. The van der Waals surface area contributed by atoms with Gasteiger partial charge in [0.15, 0.2) is 0 Å². The average Bonchev–Trinajstić information content (AvgIpc) is 2.70. The van der Waals surface area contributed by atoms with Gasteiger partial charge in [0, 0.05) is 13.1 Å². The molecule has 4 nitrogen and oxygen atoms in total. The van der Waals surface area contributed by atoms with Crippen molar-refractivity contribution in [1.82, 2.24) is 4.31 Å². The van der Waals surface area contributed by atoms with Crippen molar-refractivity contribution >= 4 is 10.0 Å². The predicted molar refractivity (Wildman–Crippen MR) is 120 cm³/mol. The van der Waals surface area contributed by atoms with Crippen LogP contribution in [0.4, 0.5) is 0 Å². The molecule has 0 heterocycles. The van der Waals surface area contributed by atoms with Gasteiger partial charge in [0.1, 0.15) is 5.75 Å². The summed E-state index contributed by atoms with van der Waals surface area (Å²) in [6.07, 6.45) is 3.06. The van der Waals surface area contributed by atoms with Gasteiger partial charge < -0.3 is 4.74 Å². The minimum absolute atomic E-state index is 0.0129. The maximum absolute atomic E-state index is 13.6. The van der Waals surface area contributed by atoms with Gasteiger partial charge in [-0.05, 0) is 48.9 Å². The van der Waals surface area contributed by atoms with Crippen LogP contribution in [0.25, 0.3) is 0 Å². The van der Waals surface area contributed by atoms with Gasteiger partial charge in [-0.1, -0.05) is 61.9 Å². The first-order valence-electron chi connectivity index (χ1n) is 10.1. The normalized spacial score (nSPS) is 13.8. The molecule has 0 fully saturated rings. The number of sulfonamides is 1. The molecule has 0 bridgehead atoms. The highest BCUT2D eigenvalue weighted by Gasteiger charge is 2.34. The Hall–Kier alpha value is -2.11. The third-order valence-corrected chi connectivity index (χ3v) is 7.86. The van der Waals surface area contributed by atoms with Crippen LogP contribution in [0, 0.1) is 12.8 Å². The number of allylic oxidation sites excluding steroid dienone is 1. The van der Waals surface area contributed by atoms with Crippen molar-refractivity contribution in [2.45, 2.75) is 52.0 Å². The first-order chi connectivity index (χ1) is 13.8. The van der Waals surface area contributed by atoms with Gasteiger partial charge in [-0.2, -0.15) is 4.31 Å². The van der Waals surface area contributed by atoms with Crippen LogP contribution in [0.2, 0.25) is 0 Å². The summed E-state index contributed by atoms with van der Waals surface area (Å²) in [6.45, 7) is 10.4. The number of benzene rings is 2. The number of aryl methyl sites for hydroxylation is 1. The highest BCUT2D eigenvalue weighted by Crippen LogP contribution is 2.26. The van der Waals surface area contributed by atoms with Crippen LogP contribution in [0.3, 0.4) is 0 Å². The highest BCUT2D eigenvalue weighted by atomic mass is 32.2. The summed E-state index contributed by atoms with van der Waals surface area (Å²) in [5, 5.41) is -0.441. The second-order valence-electron chi connectivity index (χ2n) is 7.60. The summed E-state index contributed by atoms with van der Waals surface area (Å²) in [5.74, 6) is 0.770. The van der Waals surface area contributed by atoms with Crippen molar-refractivity contribution in [2.75, 3.05) is 7.11 Å². The van der Waals surface area contributed by atoms with Gasteiger partial charge in [-0.25, -0.2) is 8.42 Å². The fraction of sp³-hybridized carbons (Fsp3) is 0.417. The Labute approximate surface area is 176 Å². The molecule has 0 aromatic heterocycles. The molecule has 2 aromatic carbocycles. The average molecular weight is 416 g/mol. The first kappa shape index (κ1) is 23.2. The second-order valence-corrected chi connectivity index (χ2v) is 9.75. The van der Waals surface area contributed by atoms with E-state index in [1.54, 1.807) is 17.5 Å². The summed E-state index contributed by atoms with van der Waals surface area (Å²) in [7, 11) is -1.88. The molecule has 2 aromatic rings. The minimum Gasteiger partial charge on any atom is -0.497 e. The van der Waals surface area contributed by atoms with E-state index in [1.807, 2.05) is 69.3 Å². The molecular formula is C24H33NO3S. The lowest BCUT2D eigenvalue weighted by Crippen LogP contribution is -2.40. The molecule has 29 heavy (non-hydrogen) atoms. The zero-order valence-corrected chi connectivity index (χ0v) is 18.8. The topological polar surface area (TPSA) is 46.6 Å². The van der Waals surface area contributed by atoms with Crippen LogP contribution in [-0.4, -0.2) is 25.1 Å². The van der Waals surface area contributed by atoms with E-state index in [1.165, 1.54) is 0 Å². The molecule has 0 aliphatic carbocycles. The number of methoxy groups -OCH3 is 1. The molecule has 0 N–H and O–H groups in total. The fourth-order valence-electron chi connectivity index (χ4n) is 3.58. The van der Waals surface area contributed by atoms with Crippen LogP contribution >= 0.6 is 0 Å². The number of rotatable bonds is 11. The molecular weight excluding hydrogens is 382 g/mol. The van der Waals surface area contributed by atoms with Gasteiger partial charge in [-0.3, -0.25) is 0 Å². The first-order valence-corrected chi connectivity index (χ1v) is 11.6. The third kappa shape index (κ3) is 6.18. The molecule has 5 heteroatoms. The molecule has 0 aliphatic rings. The van der Waals surface area contributed by atoms with Crippen molar-refractivity contribution < 1.29 is 13.2 Å². The lowest BCUT2D eigenvalue weighted by atomic mass is 10.0. The molecule has 0 amide bonds. The smallest absolute Gasteiger partial charge is 0.217 e. The predicted octanol–water partition coefficient (Wildman–Crippen LogP) is 5.33. The Balaban J connectivity index is 2.37. The number of hydrogen-bond donors (Lipinski definition) is 0. The molecule has 0 aliphatic heterocycles. The van der Waals surface area contributed by atoms with Gasteiger partial charge >= 0.3 is 0 Å². The van der Waals surface area contributed by atoms with Gasteiger partial charge in [0.2, 0.25) is 10.0 Å². The molecule has 2 atom stereocenters. The quantitative estimate of drug-likeness (QED) is 0.466. The number of nitrogens with zero attached hydrogens (tertiary/aromatic N) is 1. The molecule has 0 unspecified atom stereocenters. The van der Waals surface area contributed by atoms with E-state index in [0.29, 0.717) is 25.9 Å². The largest absolute Gasteiger partial charge is 0.497 e. The Morgan fingerprint density at radius 2 is 1.55 bits per heavy atom. The Morgan fingerprint density at radius 1 is 1.03 bits per heavy atom. The van der Waals surface area contributed by atoms with Gasteiger partial charge in [0.05, 0.1) is 12.4 Å². The van der Waals surface area contributed by atoms with Gasteiger partial charge in [0.25, 0.3) is 0 Å². The molecule has 2 rings (SSSR count). The van der Waals surface area contributed by atoms with Crippen LogP contribution < -0.4 is 4.74 Å². The van der Waals surface area contributed by atoms with Crippen LogP contribution in [0.1, 0.15) is 43.4 Å². The van der Waals surface area contributed by atoms with Crippen molar-refractivity contribution in [2.24, 2.45) is 5.92 Å². The molecule has 0 spiro atoms. The summed E-state index contributed by atoms with van der Waals surface area (Å²) in [5.41, 5.74) is 3.08. The summed E-state index contributed by atoms with van der Waals surface area (Å²) >= 11 is 0. The zero-order valence-electron chi connectivity index (χ0n) is 18.0. The van der Waals surface area contributed by atoms with E-state index in [-0.39, 0.29) is 5.92 Å². The number of hydrogen-bond acceptors (Lipinski definition) is 3. The zero-order chi connectivity index (χ0) is 21.4. The van der Waals surface area contributed by atoms with Crippen molar-refractivity contribution in [1.29, 1.82) is 0 Å². The number of ether oxygens (including phenoxy) is 1. The van der Waals surface area contributed by atoms with E-state index in [9.17, 15) is 8.42 Å². The van der Waals surface area contributed by atoms with Crippen molar-refractivity contribution in [3.05, 3.63) is 77.9 Å². The third-order valence-electron chi connectivity index (χ3n) is 5.32. The Bertz CT molecular complexity index is 873. The second kappa shape index (κ2) is 10.6. The van der Waals surface area contributed by atoms with Gasteiger partial charge in [-0.15, -0.1) is 6.58 Å². The van der Waals surface area contributed by atoms with E-state index in [4.69, 9.17) is 4.74 Å². The molecule has 0 saturated heterocycles. The van der Waals surface area contributed by atoms with Crippen LogP contribution in [-0.2, 0) is 23.1 Å². The maximum Gasteiger partial charge on any atom is 0.217 e. The Morgan fingerprint density at radius 3 is 2.00 bits per heavy atom. The van der Waals surface area contributed by atoms with E-state index >= 15 is 0 Å². The summed E-state index contributed by atoms with van der Waals surface area (Å²) < 4.78 is 34.1. The van der Waals surface area contributed by atoms with Crippen LogP contribution in [0.5, 0.6) is 5.75 Å². The standard InChI is InChI=1S/C24H33NO3S/c1-6-8-20(4)24(7-2)29(26,27)25(17-21-11-9-19(3)10-12-21)18-22-13-15-23(28-5)16-14-22/h6,9-16,20,24H,1,7-8,17-18H2,2-5H3/t20-,24+/m0/s1. The van der Waals surface area contributed by atoms with Crippen molar-refractivity contribution in [3.63, 3.8) is 0 Å². The van der Waals surface area contributed by atoms with Crippen LogP contribution in [0.15, 0.2) is 61.2 Å². The molecule has 158 valence electrons. The highest BCUT2D eigenvalue weighted by molar-refractivity contribution is 7.89. The lowest BCUT2D eigenvalue weighted by Gasteiger charge is -2.30. The fourth-order valence-corrected chi connectivity index (χ4v) is 5.74. The Kier molecular flexibility index (Phi) is 8.47. The molecule has 0 saturated carbocycles. The summed E-state index contributed by atoms with van der Waals surface area (Å²) in [4.78, 5) is 0. The summed E-state index contributed by atoms with van der Waals surface area (Å²) in [6, 6.07) is 15.6. The van der Waals surface area contributed by atoms with E-state index in [0.717, 1.165) is 22.4 Å². The SMILES string of the molecule is C=CC[C@H](C)[C@@H](CC)S(=O)(=O)N(Cc1ccc(C)cc1)Cc1ccc(OC)cc1. The van der Waals surface area contributed by atoms with E-state index < -0.39 is 15.3 Å². The maximum atomic E-state index is 13.6. The monoisotopic (exact) mass is 415 g/mol. The van der Waals surface area contributed by atoms with Crippen molar-refractivity contribution in [3.8, 4) is 5.75 Å². The minimum atomic E-state index is -3.50. The van der Waals surface area contributed by atoms with E-state index in [2.05, 4.69) is 6.58 Å². The molecule has 0 radical (unpaired) electrons.